The van der Waals surface area contributed by atoms with Gasteiger partial charge in [0.25, 0.3) is 0 Å². The van der Waals surface area contributed by atoms with Gasteiger partial charge in [-0.1, -0.05) is 25.5 Å². The molecule has 3 rings (SSSR count). The Kier molecular flexibility index (Phi) is 7.09. The number of hydrogen-bond acceptors (Lipinski definition) is 2. The number of ether oxygens (including phenoxy) is 2. The first-order valence-corrected chi connectivity index (χ1v) is 10.0. The Hall–Kier alpha value is -3.30. The molecular weight excluding hydrogens is 472 g/mol. The molecule has 0 radical (unpaired) electrons. The molecule has 3 aromatic carbocycles. The predicted octanol–water partition coefficient (Wildman–Crippen LogP) is 8.05. The fraction of sp³-hybridized carbons (Fsp3) is 0.250. The molecule has 182 valence electrons. The first-order chi connectivity index (χ1) is 15.8. The summed E-state index contributed by atoms with van der Waals surface area (Å²) in [7, 11) is 0. The van der Waals surface area contributed by atoms with E-state index in [-0.39, 0.29) is 12.1 Å². The van der Waals surface area contributed by atoms with E-state index < -0.39 is 52.4 Å². The van der Waals surface area contributed by atoms with E-state index in [9.17, 15) is 35.1 Å². The standard InChI is InChI=1S/C24H18F8O2/c1-2-3-15-4-6-16(7-5-15)23(29,30)33-18-10-8-17(9-11-18)24(31,32)34-19-12-13-20(21(25)14-19)22(26,27)28/h4-14H,2-3H2,1H3. The van der Waals surface area contributed by atoms with Gasteiger partial charge in [-0.05, 0) is 60.5 Å². The van der Waals surface area contributed by atoms with Gasteiger partial charge in [0.05, 0.1) is 16.7 Å². The van der Waals surface area contributed by atoms with Crippen molar-refractivity contribution >= 4 is 0 Å². The van der Waals surface area contributed by atoms with Crippen LogP contribution in [0.25, 0.3) is 0 Å². The van der Waals surface area contributed by atoms with Crippen LogP contribution in [0.3, 0.4) is 0 Å². The molecule has 3 aromatic rings. The first-order valence-electron chi connectivity index (χ1n) is 10.0. The highest BCUT2D eigenvalue weighted by atomic mass is 19.4. The van der Waals surface area contributed by atoms with Gasteiger partial charge >= 0.3 is 18.4 Å². The van der Waals surface area contributed by atoms with Crippen LogP contribution in [0.5, 0.6) is 11.5 Å². The fourth-order valence-corrected chi connectivity index (χ4v) is 3.07. The third-order valence-electron chi connectivity index (χ3n) is 4.76. The number of hydrogen-bond donors (Lipinski definition) is 0. The Morgan fingerprint density at radius 2 is 1.12 bits per heavy atom. The van der Waals surface area contributed by atoms with Crippen LogP contribution < -0.4 is 9.47 Å². The fourth-order valence-electron chi connectivity index (χ4n) is 3.07. The quantitative estimate of drug-likeness (QED) is 0.298. The Bertz CT molecular complexity index is 1110. The topological polar surface area (TPSA) is 18.5 Å². The maximum Gasteiger partial charge on any atom is 0.426 e. The van der Waals surface area contributed by atoms with Gasteiger partial charge < -0.3 is 9.47 Å². The van der Waals surface area contributed by atoms with E-state index >= 15 is 0 Å². The normalized spacial score (nSPS) is 12.5. The largest absolute Gasteiger partial charge is 0.429 e. The molecule has 0 N–H and O–H groups in total. The van der Waals surface area contributed by atoms with E-state index in [0.29, 0.717) is 6.07 Å². The zero-order valence-electron chi connectivity index (χ0n) is 17.6. The van der Waals surface area contributed by atoms with E-state index in [1.165, 1.54) is 12.1 Å². The smallest absolute Gasteiger partial charge is 0.426 e. The zero-order chi connectivity index (χ0) is 25.1. The summed E-state index contributed by atoms with van der Waals surface area (Å²) >= 11 is 0. The van der Waals surface area contributed by atoms with E-state index in [4.69, 9.17) is 0 Å². The molecule has 34 heavy (non-hydrogen) atoms. The van der Waals surface area contributed by atoms with Gasteiger partial charge in [0.1, 0.15) is 17.3 Å². The van der Waals surface area contributed by atoms with Gasteiger partial charge in [-0.15, -0.1) is 0 Å². The number of alkyl halides is 7. The highest BCUT2D eigenvalue weighted by Crippen LogP contribution is 2.37. The van der Waals surface area contributed by atoms with Crippen molar-refractivity contribution in [1.29, 1.82) is 0 Å². The number of benzene rings is 3. The van der Waals surface area contributed by atoms with Crippen LogP contribution in [0.15, 0.2) is 66.7 Å². The molecule has 0 fully saturated rings. The highest BCUT2D eigenvalue weighted by Gasteiger charge is 2.38. The highest BCUT2D eigenvalue weighted by molar-refractivity contribution is 5.34. The van der Waals surface area contributed by atoms with Crippen LogP contribution in [-0.2, 0) is 24.8 Å². The third kappa shape index (κ3) is 5.98. The third-order valence-corrected chi connectivity index (χ3v) is 4.76. The molecule has 0 saturated carbocycles. The van der Waals surface area contributed by atoms with Crippen LogP contribution in [0.1, 0.15) is 35.6 Å². The maximum absolute atomic E-state index is 14.4. The van der Waals surface area contributed by atoms with Crippen molar-refractivity contribution in [2.45, 2.75) is 38.2 Å². The molecule has 0 spiro atoms. The summed E-state index contributed by atoms with van der Waals surface area (Å²) < 4.78 is 118. The second-order valence-electron chi connectivity index (χ2n) is 7.35. The maximum atomic E-state index is 14.4. The summed E-state index contributed by atoms with van der Waals surface area (Å²) in [6.45, 7) is 1.95. The molecule has 0 aliphatic rings. The molecule has 0 heterocycles. The average Bonchev–Trinajstić information content (AvgIpc) is 2.73. The van der Waals surface area contributed by atoms with Crippen LogP contribution >= 0.6 is 0 Å². The Morgan fingerprint density at radius 1 is 0.647 bits per heavy atom. The van der Waals surface area contributed by atoms with Gasteiger partial charge in [0.15, 0.2) is 0 Å². The number of rotatable bonds is 8. The van der Waals surface area contributed by atoms with Crippen molar-refractivity contribution in [1.82, 2.24) is 0 Å². The summed E-state index contributed by atoms with van der Waals surface area (Å²) in [5.74, 6) is -3.05. The molecule has 0 saturated heterocycles. The number of halogens is 8. The molecule has 0 unspecified atom stereocenters. The molecule has 0 aliphatic carbocycles. The summed E-state index contributed by atoms with van der Waals surface area (Å²) in [4.78, 5) is 0. The minimum atomic E-state index is -5.00. The Balaban J connectivity index is 1.72. The lowest BCUT2D eigenvalue weighted by Crippen LogP contribution is -2.23. The minimum Gasteiger partial charge on any atom is -0.429 e. The summed E-state index contributed by atoms with van der Waals surface area (Å²) in [5.41, 5.74) is -1.99. The summed E-state index contributed by atoms with van der Waals surface area (Å²) in [6, 6.07) is 9.72. The number of aryl methyl sites for hydroxylation is 1. The average molecular weight is 490 g/mol. The van der Waals surface area contributed by atoms with E-state index in [1.807, 2.05) is 6.92 Å². The monoisotopic (exact) mass is 490 g/mol. The van der Waals surface area contributed by atoms with Crippen molar-refractivity contribution in [3.8, 4) is 11.5 Å². The Morgan fingerprint density at radius 3 is 1.59 bits per heavy atom. The molecule has 0 bridgehead atoms. The van der Waals surface area contributed by atoms with Gasteiger partial charge in [-0.2, -0.15) is 30.7 Å². The lowest BCUT2D eigenvalue weighted by Gasteiger charge is -2.21. The van der Waals surface area contributed by atoms with Crippen molar-refractivity contribution in [2.24, 2.45) is 0 Å². The van der Waals surface area contributed by atoms with Crippen molar-refractivity contribution in [3.63, 3.8) is 0 Å². The van der Waals surface area contributed by atoms with Gasteiger partial charge in [0, 0.05) is 6.07 Å². The minimum absolute atomic E-state index is 0.181. The molecular formula is C24H18F8O2. The van der Waals surface area contributed by atoms with Crippen LogP contribution in [0, 0.1) is 5.82 Å². The zero-order valence-corrected chi connectivity index (χ0v) is 17.6. The van der Waals surface area contributed by atoms with Gasteiger partial charge in [0.2, 0.25) is 0 Å². The summed E-state index contributed by atoms with van der Waals surface area (Å²) in [5, 5.41) is 0. The van der Waals surface area contributed by atoms with Crippen molar-refractivity contribution in [3.05, 3.63) is 94.8 Å². The van der Waals surface area contributed by atoms with Crippen LogP contribution in [0.2, 0.25) is 0 Å². The molecule has 0 atom stereocenters. The molecule has 2 nitrogen and oxygen atoms in total. The first kappa shape index (κ1) is 25.3. The Labute approximate surface area is 189 Å². The van der Waals surface area contributed by atoms with Gasteiger partial charge in [-0.25, -0.2) is 4.39 Å². The lowest BCUT2D eigenvalue weighted by atomic mass is 10.1. The van der Waals surface area contributed by atoms with Crippen molar-refractivity contribution < 1.29 is 44.6 Å². The van der Waals surface area contributed by atoms with E-state index in [0.717, 1.165) is 42.7 Å². The van der Waals surface area contributed by atoms with E-state index in [1.54, 1.807) is 12.1 Å². The van der Waals surface area contributed by atoms with E-state index in [2.05, 4.69) is 9.47 Å². The van der Waals surface area contributed by atoms with Crippen LogP contribution in [-0.4, -0.2) is 0 Å². The molecule has 0 amide bonds. The van der Waals surface area contributed by atoms with Crippen LogP contribution in [0.4, 0.5) is 35.1 Å². The predicted molar refractivity (Wildman–Crippen MR) is 107 cm³/mol. The molecule has 0 aromatic heterocycles. The van der Waals surface area contributed by atoms with Gasteiger partial charge in [-0.3, -0.25) is 0 Å². The van der Waals surface area contributed by atoms with Crippen molar-refractivity contribution in [2.75, 3.05) is 0 Å². The second kappa shape index (κ2) is 9.52. The molecule has 0 aliphatic heterocycles. The lowest BCUT2D eigenvalue weighted by molar-refractivity contribution is -0.187. The molecule has 10 heteroatoms. The summed E-state index contributed by atoms with van der Waals surface area (Å²) in [6.07, 6.45) is -11.3. The SMILES string of the molecule is CCCc1ccc(C(F)(F)Oc2ccc(C(F)(F)Oc3ccc(C(F)(F)F)c(F)c3)cc2)cc1. The second-order valence-corrected chi connectivity index (χ2v) is 7.35.